The first-order valence-electron chi connectivity index (χ1n) is 8.65. The third-order valence-electron chi connectivity index (χ3n) is 4.01. The zero-order chi connectivity index (χ0) is 22.0. The monoisotopic (exact) mass is 521 g/mol. The predicted octanol–water partition coefficient (Wildman–Crippen LogP) is 5.19. The van der Waals surface area contributed by atoms with Crippen LogP contribution >= 0.6 is 45.9 Å². The van der Waals surface area contributed by atoms with Gasteiger partial charge in [0.05, 0.1) is 24.7 Å². The van der Waals surface area contributed by atoms with Crippen molar-refractivity contribution in [3.8, 4) is 16.2 Å². The molecule has 2 heterocycles. The van der Waals surface area contributed by atoms with E-state index in [0.29, 0.717) is 30.2 Å². The van der Waals surface area contributed by atoms with Crippen molar-refractivity contribution >= 4 is 121 Å². The summed E-state index contributed by atoms with van der Waals surface area (Å²) < 4.78 is 0. The Morgan fingerprint density at radius 1 is 1.06 bits per heavy atom. The number of hydrogen-bond donors (Lipinski definition) is 1. The molecule has 11 heteroatoms. The number of hydrazone groups is 1. The van der Waals surface area contributed by atoms with Crippen LogP contribution in [0, 0.1) is 0 Å². The molecule has 6 nitrogen and oxygen atoms in total. The van der Waals surface area contributed by atoms with Gasteiger partial charge in [0.1, 0.15) is 5.69 Å². The molecule has 2 amide bonds. The number of halogens is 2. The summed E-state index contributed by atoms with van der Waals surface area (Å²) in [5.74, 6) is -0.743. The number of nitrogens with zero attached hydrogens (tertiary/aromatic N) is 3. The van der Waals surface area contributed by atoms with Crippen LogP contribution in [0.25, 0.3) is 10.4 Å². The van der Waals surface area contributed by atoms with Gasteiger partial charge in [0.2, 0.25) is 0 Å². The Hall–Kier alpha value is -0.754. The quantitative estimate of drug-likeness (QED) is 0.285. The van der Waals surface area contributed by atoms with E-state index in [1.54, 1.807) is 56.7 Å². The summed E-state index contributed by atoms with van der Waals surface area (Å²) in [7, 11) is 3.29. The van der Waals surface area contributed by atoms with Crippen LogP contribution in [0.4, 0.5) is 5.69 Å². The van der Waals surface area contributed by atoms with Crippen LogP contribution in [-0.2, 0) is 0 Å². The number of carbonyl (C=O) groups is 2. The Morgan fingerprint density at radius 3 is 2.29 bits per heavy atom. The van der Waals surface area contributed by atoms with Crippen LogP contribution < -0.4 is 5.01 Å². The first-order chi connectivity index (χ1) is 14.2. The van der Waals surface area contributed by atoms with Gasteiger partial charge in [-0.3, -0.25) is 9.59 Å². The summed E-state index contributed by atoms with van der Waals surface area (Å²) >= 11 is 14.4. The minimum atomic E-state index is -0.454. The normalized spacial score (nSPS) is 10.7. The number of amides is 2. The number of benzene rings is 1. The fraction of sp³-hybridized carbons (Fsp3) is 0.150. The van der Waals surface area contributed by atoms with Crippen LogP contribution in [0.2, 0.25) is 10.0 Å². The molecule has 0 saturated carbocycles. The van der Waals surface area contributed by atoms with E-state index in [1.165, 1.54) is 22.5 Å². The van der Waals surface area contributed by atoms with E-state index < -0.39 is 5.91 Å². The van der Waals surface area contributed by atoms with Gasteiger partial charge in [-0.2, -0.15) is 10.1 Å². The van der Waals surface area contributed by atoms with Gasteiger partial charge in [-0.05, 0) is 36.8 Å². The fourth-order valence-corrected chi connectivity index (χ4v) is 4.74. The maximum atomic E-state index is 13.1. The van der Waals surface area contributed by atoms with Gasteiger partial charge in [-0.15, -0.1) is 22.7 Å². The second kappa shape index (κ2) is 11.4. The predicted molar refractivity (Wildman–Crippen MR) is 132 cm³/mol. The molecule has 0 radical (unpaired) electrons. The van der Waals surface area contributed by atoms with E-state index >= 15 is 0 Å². The SMILES string of the molecule is CC=NN(C(=O)c1ccc(C(=O)N(C)C)s1)c1csc(-c2ccc(Cl)c(Cl)c2)c1O.[KH]. The topological polar surface area (TPSA) is 73.2 Å². The summed E-state index contributed by atoms with van der Waals surface area (Å²) in [5, 5.41) is 18.5. The molecule has 0 unspecified atom stereocenters. The third kappa shape index (κ3) is 5.79. The van der Waals surface area contributed by atoms with Crippen LogP contribution in [-0.4, -0.2) is 93.5 Å². The van der Waals surface area contributed by atoms with E-state index in [1.807, 2.05) is 0 Å². The van der Waals surface area contributed by atoms with Crippen LogP contribution in [0.1, 0.15) is 26.3 Å². The number of anilines is 1. The Morgan fingerprint density at radius 2 is 1.71 bits per heavy atom. The van der Waals surface area contributed by atoms with Crippen molar-refractivity contribution in [2.45, 2.75) is 6.92 Å². The van der Waals surface area contributed by atoms with Gasteiger partial charge < -0.3 is 10.0 Å². The number of carbonyl (C=O) groups excluding carboxylic acids is 2. The molecule has 0 atom stereocenters. The van der Waals surface area contributed by atoms with Gasteiger partial charge in [-0.1, -0.05) is 29.3 Å². The summed E-state index contributed by atoms with van der Waals surface area (Å²) in [6.07, 6.45) is 1.45. The summed E-state index contributed by atoms with van der Waals surface area (Å²) in [6.45, 7) is 1.67. The molecule has 3 aromatic rings. The molecule has 2 aromatic heterocycles. The molecule has 158 valence electrons. The fourth-order valence-electron chi connectivity index (χ4n) is 2.57. The van der Waals surface area contributed by atoms with Crippen LogP contribution in [0.15, 0.2) is 40.8 Å². The average molecular weight is 523 g/mol. The molecular formula is C20H18Cl2KN3O3S2. The van der Waals surface area contributed by atoms with Gasteiger partial charge in [0, 0.05) is 25.7 Å². The molecule has 0 aliphatic rings. The maximum absolute atomic E-state index is 13.1. The van der Waals surface area contributed by atoms with E-state index in [0.717, 1.165) is 16.3 Å². The zero-order valence-corrected chi connectivity index (χ0v) is 19.4. The van der Waals surface area contributed by atoms with Crippen LogP contribution in [0.5, 0.6) is 5.75 Å². The number of hydrogen-bond acceptors (Lipinski definition) is 6. The second-order valence-electron chi connectivity index (χ2n) is 6.28. The zero-order valence-electron chi connectivity index (χ0n) is 16.2. The van der Waals surface area contributed by atoms with Crippen molar-refractivity contribution in [1.82, 2.24) is 4.90 Å². The molecule has 3 rings (SSSR count). The van der Waals surface area contributed by atoms with Crippen molar-refractivity contribution in [2.75, 3.05) is 19.1 Å². The van der Waals surface area contributed by atoms with Crippen LogP contribution in [0.3, 0.4) is 0 Å². The summed E-state index contributed by atoms with van der Waals surface area (Å²) in [4.78, 5) is 28.0. The average Bonchev–Trinajstić information content (AvgIpc) is 3.34. The molecule has 0 aliphatic heterocycles. The van der Waals surface area contributed by atoms with Gasteiger partial charge in [0.15, 0.2) is 5.75 Å². The number of aromatic hydroxyl groups is 1. The molecule has 0 spiro atoms. The molecule has 1 N–H and O–H groups in total. The first-order valence-corrected chi connectivity index (χ1v) is 11.1. The van der Waals surface area contributed by atoms with Gasteiger partial charge >= 0.3 is 51.4 Å². The van der Waals surface area contributed by atoms with E-state index in [2.05, 4.69) is 5.10 Å². The Balaban J connectivity index is 0.00000341. The minimum absolute atomic E-state index is 0. The summed E-state index contributed by atoms with van der Waals surface area (Å²) in [5.41, 5.74) is 0.902. The second-order valence-corrected chi connectivity index (χ2v) is 9.06. The molecule has 0 saturated heterocycles. The van der Waals surface area contributed by atoms with Crippen molar-refractivity contribution in [3.63, 3.8) is 0 Å². The van der Waals surface area contributed by atoms with Gasteiger partial charge in [-0.25, -0.2) is 0 Å². The van der Waals surface area contributed by atoms with Crippen molar-refractivity contribution in [1.29, 1.82) is 0 Å². The van der Waals surface area contributed by atoms with Crippen molar-refractivity contribution in [3.05, 3.63) is 55.5 Å². The first kappa shape index (κ1) is 26.5. The molecule has 1 aromatic carbocycles. The van der Waals surface area contributed by atoms with Crippen molar-refractivity contribution < 1.29 is 14.7 Å². The third-order valence-corrected chi connectivity index (χ3v) is 6.82. The Labute approximate surface area is 240 Å². The van der Waals surface area contributed by atoms with E-state index in [9.17, 15) is 14.7 Å². The molecule has 0 aliphatic carbocycles. The van der Waals surface area contributed by atoms with E-state index in [-0.39, 0.29) is 68.7 Å². The number of thiophene rings is 2. The Bertz CT molecular complexity index is 1140. The molecule has 0 fully saturated rings. The molecular weight excluding hydrogens is 504 g/mol. The van der Waals surface area contributed by atoms with Crippen molar-refractivity contribution in [2.24, 2.45) is 5.10 Å². The Kier molecular flexibility index (Phi) is 9.74. The standard InChI is InChI=1S/C20H17Cl2N3O3S2.K.H/c1-4-23-25(20(28)16-8-7-15(30-16)19(27)24(2)3)14-10-29-18(17(14)26)11-5-6-12(21)13(22)9-11;;/h4-10,26H,1-3H3;;. The molecule has 31 heavy (non-hydrogen) atoms. The summed E-state index contributed by atoms with van der Waals surface area (Å²) in [6, 6.07) is 8.19. The van der Waals surface area contributed by atoms with Gasteiger partial charge in [0.25, 0.3) is 11.8 Å². The van der Waals surface area contributed by atoms with E-state index in [4.69, 9.17) is 23.2 Å². The number of rotatable bonds is 5. The molecule has 0 bridgehead atoms.